The van der Waals surface area contributed by atoms with Crippen LogP contribution in [0.25, 0.3) is 0 Å². The molecule has 0 spiro atoms. The minimum absolute atomic E-state index is 0.557. The summed E-state index contributed by atoms with van der Waals surface area (Å²) in [6.45, 7) is 10.7. The Morgan fingerprint density at radius 3 is 2.76 bits per heavy atom. The van der Waals surface area contributed by atoms with E-state index in [1.165, 1.54) is 5.56 Å². The number of hydrogen-bond donors (Lipinski definition) is 1. The Morgan fingerprint density at radius 1 is 1.41 bits per heavy atom. The van der Waals surface area contributed by atoms with Crippen LogP contribution >= 0.6 is 15.9 Å². The van der Waals surface area contributed by atoms with Crippen LogP contribution in [0.4, 0.5) is 0 Å². The molecule has 0 unspecified atom stereocenters. The Bertz CT molecular complexity index is 328. The van der Waals surface area contributed by atoms with Crippen LogP contribution in [0.2, 0.25) is 0 Å². The molecule has 0 saturated carbocycles. The maximum absolute atomic E-state index is 4.19. The van der Waals surface area contributed by atoms with E-state index in [2.05, 4.69) is 58.0 Å². The molecular weight excluding hydrogens is 278 g/mol. The first-order valence-electron chi connectivity index (χ1n) is 6.17. The predicted molar refractivity (Wildman–Crippen MR) is 76.0 cm³/mol. The first kappa shape index (κ1) is 14.6. The topological polar surface area (TPSA) is 28.2 Å². The van der Waals surface area contributed by atoms with Crippen LogP contribution in [0.15, 0.2) is 22.9 Å². The summed E-state index contributed by atoms with van der Waals surface area (Å²) in [4.78, 5) is 6.61. The molecule has 0 amide bonds. The van der Waals surface area contributed by atoms with E-state index < -0.39 is 0 Å². The molecule has 0 atom stereocenters. The number of aromatic nitrogens is 1. The van der Waals surface area contributed by atoms with Gasteiger partial charge in [-0.15, -0.1) is 0 Å². The summed E-state index contributed by atoms with van der Waals surface area (Å²) in [5.41, 5.74) is 1.26. The number of hydrogen-bond acceptors (Lipinski definition) is 3. The summed E-state index contributed by atoms with van der Waals surface area (Å²) < 4.78 is 1.05. The molecular formula is C13H22BrN3. The highest BCUT2D eigenvalue weighted by Gasteiger charge is 2.04. The van der Waals surface area contributed by atoms with E-state index in [1.54, 1.807) is 0 Å². The van der Waals surface area contributed by atoms with Gasteiger partial charge in [0.15, 0.2) is 0 Å². The second-order valence-corrected chi connectivity index (χ2v) is 5.40. The van der Waals surface area contributed by atoms with Gasteiger partial charge in [-0.05, 0) is 34.1 Å². The summed E-state index contributed by atoms with van der Waals surface area (Å²) in [5.74, 6) is 0. The van der Waals surface area contributed by atoms with Gasteiger partial charge in [-0.25, -0.2) is 0 Å². The molecule has 0 aliphatic heterocycles. The largest absolute Gasteiger partial charge is 0.313 e. The molecule has 0 aliphatic rings. The van der Waals surface area contributed by atoms with Gasteiger partial charge in [0.2, 0.25) is 0 Å². The second kappa shape index (κ2) is 7.80. The molecule has 17 heavy (non-hydrogen) atoms. The van der Waals surface area contributed by atoms with Crippen molar-refractivity contribution in [2.45, 2.75) is 33.4 Å². The van der Waals surface area contributed by atoms with E-state index in [4.69, 9.17) is 0 Å². The molecule has 0 fully saturated rings. The molecule has 1 N–H and O–H groups in total. The average molecular weight is 300 g/mol. The number of halogens is 1. The minimum Gasteiger partial charge on any atom is -0.313 e. The van der Waals surface area contributed by atoms with Crippen molar-refractivity contribution < 1.29 is 0 Å². The zero-order chi connectivity index (χ0) is 12.7. The van der Waals surface area contributed by atoms with Crippen LogP contribution in [0.1, 0.15) is 26.3 Å². The standard InChI is InChI=1S/C13H22BrN3/c1-4-17(6-5-16-11(2)3)10-12-7-13(14)9-15-8-12/h7-9,11,16H,4-6,10H2,1-3H3. The summed E-state index contributed by atoms with van der Waals surface area (Å²) in [6, 6.07) is 2.69. The van der Waals surface area contributed by atoms with E-state index in [1.807, 2.05) is 12.4 Å². The van der Waals surface area contributed by atoms with Gasteiger partial charge in [-0.2, -0.15) is 0 Å². The van der Waals surface area contributed by atoms with Gasteiger partial charge in [0.25, 0.3) is 0 Å². The monoisotopic (exact) mass is 299 g/mol. The van der Waals surface area contributed by atoms with Gasteiger partial charge < -0.3 is 5.32 Å². The van der Waals surface area contributed by atoms with Gasteiger partial charge in [0, 0.05) is 42.5 Å². The Balaban J connectivity index is 2.41. The van der Waals surface area contributed by atoms with Gasteiger partial charge in [-0.1, -0.05) is 20.8 Å². The molecule has 0 aromatic carbocycles. The minimum atomic E-state index is 0.557. The fourth-order valence-electron chi connectivity index (χ4n) is 1.66. The SMILES string of the molecule is CCN(CCNC(C)C)Cc1cncc(Br)c1. The van der Waals surface area contributed by atoms with Crippen LogP contribution < -0.4 is 5.32 Å². The van der Waals surface area contributed by atoms with Gasteiger partial charge in [0.1, 0.15) is 0 Å². The average Bonchev–Trinajstić information content (AvgIpc) is 2.27. The normalized spacial score (nSPS) is 11.4. The van der Waals surface area contributed by atoms with Crippen LogP contribution in [0.5, 0.6) is 0 Å². The van der Waals surface area contributed by atoms with Crippen LogP contribution in [0, 0.1) is 0 Å². The van der Waals surface area contributed by atoms with Crippen LogP contribution in [-0.4, -0.2) is 35.6 Å². The number of rotatable bonds is 7. The number of nitrogens with zero attached hydrogens (tertiary/aromatic N) is 2. The van der Waals surface area contributed by atoms with E-state index in [9.17, 15) is 0 Å². The van der Waals surface area contributed by atoms with Gasteiger partial charge in [0.05, 0.1) is 0 Å². The van der Waals surface area contributed by atoms with Crippen molar-refractivity contribution in [2.24, 2.45) is 0 Å². The predicted octanol–water partition coefficient (Wildman–Crippen LogP) is 2.66. The van der Waals surface area contributed by atoms with Crippen molar-refractivity contribution >= 4 is 15.9 Å². The van der Waals surface area contributed by atoms with E-state index in [0.717, 1.165) is 30.7 Å². The highest BCUT2D eigenvalue weighted by molar-refractivity contribution is 9.10. The Morgan fingerprint density at radius 2 is 2.18 bits per heavy atom. The molecule has 1 rings (SSSR count). The Hall–Kier alpha value is -0.450. The van der Waals surface area contributed by atoms with Gasteiger partial charge >= 0.3 is 0 Å². The number of pyridine rings is 1. The maximum Gasteiger partial charge on any atom is 0.0410 e. The summed E-state index contributed by atoms with van der Waals surface area (Å²) in [6.07, 6.45) is 3.75. The fourth-order valence-corrected chi connectivity index (χ4v) is 2.07. The molecule has 4 heteroatoms. The molecule has 0 bridgehead atoms. The van der Waals surface area contributed by atoms with Crippen molar-refractivity contribution in [3.63, 3.8) is 0 Å². The Kier molecular flexibility index (Phi) is 6.70. The van der Waals surface area contributed by atoms with Crippen molar-refractivity contribution in [2.75, 3.05) is 19.6 Å². The smallest absolute Gasteiger partial charge is 0.0410 e. The molecule has 1 aromatic rings. The van der Waals surface area contributed by atoms with Gasteiger partial charge in [-0.3, -0.25) is 9.88 Å². The lowest BCUT2D eigenvalue weighted by atomic mass is 10.2. The highest BCUT2D eigenvalue weighted by atomic mass is 79.9. The first-order chi connectivity index (χ1) is 8.11. The quantitative estimate of drug-likeness (QED) is 0.839. The molecule has 1 aromatic heterocycles. The first-order valence-corrected chi connectivity index (χ1v) is 6.96. The van der Waals surface area contributed by atoms with Crippen molar-refractivity contribution in [1.82, 2.24) is 15.2 Å². The fraction of sp³-hybridized carbons (Fsp3) is 0.615. The molecule has 96 valence electrons. The Labute approximate surface area is 113 Å². The molecule has 0 saturated heterocycles. The molecule has 3 nitrogen and oxygen atoms in total. The lowest BCUT2D eigenvalue weighted by Crippen LogP contribution is -2.34. The van der Waals surface area contributed by atoms with E-state index in [-0.39, 0.29) is 0 Å². The highest BCUT2D eigenvalue weighted by Crippen LogP contribution is 2.11. The second-order valence-electron chi connectivity index (χ2n) is 4.49. The van der Waals surface area contributed by atoms with Crippen molar-refractivity contribution in [1.29, 1.82) is 0 Å². The third kappa shape index (κ3) is 6.15. The molecule has 1 heterocycles. The maximum atomic E-state index is 4.19. The van der Waals surface area contributed by atoms with E-state index >= 15 is 0 Å². The van der Waals surface area contributed by atoms with E-state index in [0.29, 0.717) is 6.04 Å². The van der Waals surface area contributed by atoms with Crippen LogP contribution in [-0.2, 0) is 6.54 Å². The number of likely N-dealkylation sites (N-methyl/N-ethyl adjacent to an activating group) is 1. The molecule has 0 aliphatic carbocycles. The van der Waals surface area contributed by atoms with Crippen LogP contribution in [0.3, 0.4) is 0 Å². The third-order valence-corrected chi connectivity index (χ3v) is 3.03. The molecule has 0 radical (unpaired) electrons. The zero-order valence-corrected chi connectivity index (χ0v) is 12.5. The van der Waals surface area contributed by atoms with Crippen molar-refractivity contribution in [3.05, 3.63) is 28.5 Å². The zero-order valence-electron chi connectivity index (χ0n) is 10.9. The van der Waals surface area contributed by atoms with Crippen molar-refractivity contribution in [3.8, 4) is 0 Å². The lowest BCUT2D eigenvalue weighted by Gasteiger charge is -2.21. The number of nitrogens with one attached hydrogen (secondary N) is 1. The summed E-state index contributed by atoms with van der Waals surface area (Å²) in [7, 11) is 0. The lowest BCUT2D eigenvalue weighted by molar-refractivity contribution is 0.276. The summed E-state index contributed by atoms with van der Waals surface area (Å²) >= 11 is 3.45. The third-order valence-electron chi connectivity index (χ3n) is 2.60. The summed E-state index contributed by atoms with van der Waals surface area (Å²) in [5, 5.41) is 3.44.